The van der Waals surface area contributed by atoms with Gasteiger partial charge in [-0.2, -0.15) is 0 Å². The number of carbonyl (C=O) groups excluding carboxylic acids is 2. The van der Waals surface area contributed by atoms with Crippen LogP contribution in [-0.4, -0.2) is 34.4 Å². The van der Waals surface area contributed by atoms with Crippen molar-refractivity contribution in [1.29, 1.82) is 0 Å². The van der Waals surface area contributed by atoms with E-state index in [2.05, 4.69) is 17.0 Å². The smallest absolute Gasteiger partial charge is 0.338 e. The van der Waals surface area contributed by atoms with Gasteiger partial charge in [-0.05, 0) is 63.1 Å². The van der Waals surface area contributed by atoms with Crippen LogP contribution in [-0.2, 0) is 16.0 Å². The highest BCUT2D eigenvalue weighted by Crippen LogP contribution is 2.23. The Bertz CT molecular complexity index is 1310. The number of nitrogens with one attached hydrogen (secondary N) is 1. The molecule has 0 spiro atoms. The van der Waals surface area contributed by atoms with E-state index < -0.39 is 29.1 Å². The Morgan fingerprint density at radius 1 is 1.08 bits per heavy atom. The second kappa shape index (κ2) is 11.0. The molecule has 1 N–H and O–H groups in total. The molecule has 36 heavy (non-hydrogen) atoms. The van der Waals surface area contributed by atoms with Gasteiger partial charge in [-0.15, -0.1) is 5.10 Å². The molecule has 0 unspecified atom stereocenters. The summed E-state index contributed by atoms with van der Waals surface area (Å²) < 4.78 is 11.9. The Morgan fingerprint density at radius 2 is 1.72 bits per heavy atom. The van der Waals surface area contributed by atoms with Gasteiger partial charge in [0.2, 0.25) is 11.8 Å². The quantitative estimate of drug-likeness (QED) is 0.462. The Balaban J connectivity index is 1.92. The minimum atomic E-state index is -0.960. The number of esters is 1. The SMILES string of the molecule is C=C(C)c1cc(=O)n([C@@H](Cc2ccccc2)C(=O)Nc2ccc(C(=O)OC(C)(C)C)cc2)nc1OC. The number of amides is 1. The van der Waals surface area contributed by atoms with Crippen LogP contribution >= 0.6 is 0 Å². The fourth-order valence-electron chi connectivity index (χ4n) is 3.51. The summed E-state index contributed by atoms with van der Waals surface area (Å²) in [5.74, 6) is -0.693. The van der Waals surface area contributed by atoms with Crippen molar-refractivity contribution in [1.82, 2.24) is 9.78 Å². The van der Waals surface area contributed by atoms with Crippen molar-refractivity contribution in [2.75, 3.05) is 12.4 Å². The van der Waals surface area contributed by atoms with Crippen molar-refractivity contribution in [2.24, 2.45) is 0 Å². The summed E-state index contributed by atoms with van der Waals surface area (Å²) in [5, 5.41) is 7.17. The van der Waals surface area contributed by atoms with Crippen LogP contribution < -0.4 is 15.6 Å². The van der Waals surface area contributed by atoms with Crippen molar-refractivity contribution < 1.29 is 19.1 Å². The zero-order valence-electron chi connectivity index (χ0n) is 21.2. The maximum atomic E-state index is 13.4. The van der Waals surface area contributed by atoms with Crippen molar-refractivity contribution in [3.8, 4) is 5.88 Å². The summed E-state index contributed by atoms with van der Waals surface area (Å²) in [6.07, 6.45) is 0.227. The van der Waals surface area contributed by atoms with E-state index in [4.69, 9.17) is 9.47 Å². The molecule has 1 amide bonds. The van der Waals surface area contributed by atoms with Crippen LogP contribution in [0.25, 0.3) is 5.57 Å². The zero-order chi connectivity index (χ0) is 26.5. The molecule has 3 rings (SSSR count). The number of allylic oxidation sites excluding steroid dienone is 1. The predicted octanol–water partition coefficient (Wildman–Crippen LogP) is 4.66. The van der Waals surface area contributed by atoms with E-state index in [-0.39, 0.29) is 12.3 Å². The summed E-state index contributed by atoms with van der Waals surface area (Å²) >= 11 is 0. The highest BCUT2D eigenvalue weighted by molar-refractivity contribution is 5.95. The second-order valence-electron chi connectivity index (χ2n) is 9.40. The first kappa shape index (κ1) is 26.4. The molecule has 2 aromatic carbocycles. The predicted molar refractivity (Wildman–Crippen MR) is 139 cm³/mol. The van der Waals surface area contributed by atoms with E-state index >= 15 is 0 Å². The highest BCUT2D eigenvalue weighted by Gasteiger charge is 2.26. The van der Waals surface area contributed by atoms with Gasteiger partial charge in [0.15, 0.2) is 0 Å². The second-order valence-corrected chi connectivity index (χ2v) is 9.40. The van der Waals surface area contributed by atoms with E-state index in [1.165, 1.54) is 13.2 Å². The standard InChI is InChI=1S/C28H31N3O5/c1-18(2)22-17-24(32)31(30-26(22)35-6)23(16-19-10-8-7-9-11-19)25(33)29-21-14-12-20(13-15-21)27(34)36-28(3,4)5/h7-15,17,23H,1,16H2,2-6H3,(H,29,33)/t23-/m0/s1. The van der Waals surface area contributed by atoms with Gasteiger partial charge in [-0.3, -0.25) is 9.59 Å². The average Bonchev–Trinajstić information content (AvgIpc) is 2.82. The molecule has 8 heteroatoms. The number of carbonyl (C=O) groups is 2. The van der Waals surface area contributed by atoms with Crippen LogP contribution in [0, 0.1) is 0 Å². The Kier molecular flexibility index (Phi) is 8.09. The molecule has 0 aliphatic rings. The number of benzene rings is 2. The molecule has 3 aromatic rings. The third-order valence-corrected chi connectivity index (χ3v) is 5.23. The van der Waals surface area contributed by atoms with Crippen molar-refractivity contribution in [3.63, 3.8) is 0 Å². The lowest BCUT2D eigenvalue weighted by Crippen LogP contribution is -2.36. The normalized spacial score (nSPS) is 11.9. The van der Waals surface area contributed by atoms with E-state index in [9.17, 15) is 14.4 Å². The largest absolute Gasteiger partial charge is 0.480 e. The molecular weight excluding hydrogens is 458 g/mol. The fourth-order valence-corrected chi connectivity index (χ4v) is 3.51. The van der Waals surface area contributed by atoms with Gasteiger partial charge in [0.1, 0.15) is 11.6 Å². The van der Waals surface area contributed by atoms with Gasteiger partial charge in [0, 0.05) is 23.7 Å². The number of methoxy groups -OCH3 is 1. The summed E-state index contributed by atoms with van der Waals surface area (Å²) in [4.78, 5) is 38.7. The fraction of sp³-hybridized carbons (Fsp3) is 0.286. The van der Waals surface area contributed by atoms with Gasteiger partial charge >= 0.3 is 5.97 Å². The Morgan fingerprint density at radius 3 is 2.28 bits per heavy atom. The molecule has 0 radical (unpaired) electrons. The molecule has 0 saturated heterocycles. The molecule has 1 heterocycles. The number of aromatic nitrogens is 2. The number of hydrogen-bond acceptors (Lipinski definition) is 6. The first-order valence-electron chi connectivity index (χ1n) is 11.5. The van der Waals surface area contributed by atoms with Gasteiger partial charge < -0.3 is 14.8 Å². The van der Waals surface area contributed by atoms with Crippen LogP contribution in [0.5, 0.6) is 5.88 Å². The minimum absolute atomic E-state index is 0.203. The van der Waals surface area contributed by atoms with Crippen LogP contribution in [0.15, 0.2) is 72.0 Å². The van der Waals surface area contributed by atoms with Crippen LogP contribution in [0.1, 0.15) is 55.2 Å². The summed E-state index contributed by atoms with van der Waals surface area (Å²) in [5.41, 5.74) is 1.72. The topological polar surface area (TPSA) is 99.5 Å². The number of hydrogen-bond donors (Lipinski definition) is 1. The number of anilines is 1. The van der Waals surface area contributed by atoms with E-state index in [0.717, 1.165) is 10.2 Å². The Hall–Kier alpha value is -4.20. The number of ether oxygens (including phenoxy) is 2. The molecular formula is C28H31N3O5. The average molecular weight is 490 g/mol. The van der Waals surface area contributed by atoms with Crippen molar-refractivity contribution in [3.05, 3.63) is 94.3 Å². The molecule has 8 nitrogen and oxygen atoms in total. The first-order valence-corrected chi connectivity index (χ1v) is 11.5. The number of nitrogens with zero attached hydrogens (tertiary/aromatic N) is 2. The molecule has 0 saturated carbocycles. The molecule has 0 aliphatic carbocycles. The summed E-state index contributed by atoms with van der Waals surface area (Å²) in [7, 11) is 1.45. The first-order chi connectivity index (χ1) is 17.0. The van der Waals surface area contributed by atoms with Gasteiger partial charge in [-0.25, -0.2) is 9.48 Å². The highest BCUT2D eigenvalue weighted by atomic mass is 16.6. The molecule has 1 aromatic heterocycles. The van der Waals surface area contributed by atoms with Crippen LogP contribution in [0.2, 0.25) is 0 Å². The molecule has 0 aliphatic heterocycles. The lowest BCUT2D eigenvalue weighted by molar-refractivity contribution is -0.119. The van der Waals surface area contributed by atoms with Crippen LogP contribution in [0.4, 0.5) is 5.69 Å². The summed E-state index contributed by atoms with van der Waals surface area (Å²) in [6.45, 7) is 11.0. The zero-order valence-corrected chi connectivity index (χ0v) is 21.2. The molecule has 0 fully saturated rings. The molecule has 0 bridgehead atoms. The van der Waals surface area contributed by atoms with Crippen molar-refractivity contribution in [2.45, 2.75) is 45.8 Å². The monoisotopic (exact) mass is 489 g/mol. The lowest BCUT2D eigenvalue weighted by atomic mass is 10.0. The van der Waals surface area contributed by atoms with Crippen LogP contribution in [0.3, 0.4) is 0 Å². The van der Waals surface area contributed by atoms with E-state index in [1.54, 1.807) is 52.0 Å². The molecule has 188 valence electrons. The van der Waals surface area contributed by atoms with E-state index in [1.807, 2.05) is 30.3 Å². The maximum Gasteiger partial charge on any atom is 0.338 e. The molecule has 1 atom stereocenters. The third-order valence-electron chi connectivity index (χ3n) is 5.23. The minimum Gasteiger partial charge on any atom is -0.480 e. The summed E-state index contributed by atoms with van der Waals surface area (Å²) in [6, 6.07) is 16.1. The van der Waals surface area contributed by atoms with Gasteiger partial charge in [-0.1, -0.05) is 36.9 Å². The lowest BCUT2D eigenvalue weighted by Gasteiger charge is -2.21. The maximum absolute atomic E-state index is 13.4. The van der Waals surface area contributed by atoms with E-state index in [0.29, 0.717) is 22.4 Å². The number of rotatable bonds is 8. The third kappa shape index (κ3) is 6.69. The van der Waals surface area contributed by atoms with Crippen molar-refractivity contribution >= 4 is 23.1 Å². The van der Waals surface area contributed by atoms with Gasteiger partial charge in [0.05, 0.1) is 12.7 Å². The Labute approximate surface area is 210 Å². The van der Waals surface area contributed by atoms with Gasteiger partial charge in [0.25, 0.3) is 5.56 Å².